The van der Waals surface area contributed by atoms with E-state index >= 15 is 0 Å². The van der Waals surface area contributed by atoms with Crippen molar-refractivity contribution >= 4 is 10.0 Å². The molecule has 118 valence electrons. The van der Waals surface area contributed by atoms with Crippen LogP contribution in [0.2, 0.25) is 0 Å². The molecule has 1 fully saturated rings. The molecular weight excluding hydrogens is 304 g/mol. The topological polar surface area (TPSA) is 95.3 Å². The second kappa shape index (κ2) is 5.73. The summed E-state index contributed by atoms with van der Waals surface area (Å²) in [5, 5.41) is 5.09. The summed E-state index contributed by atoms with van der Waals surface area (Å²) in [4.78, 5) is 12.1. The predicted molar refractivity (Wildman–Crippen MR) is 81.9 cm³/mol. The number of nitrogens with two attached hydrogens (primary N) is 1. The van der Waals surface area contributed by atoms with Crippen LogP contribution in [-0.4, -0.2) is 13.0 Å². The highest BCUT2D eigenvalue weighted by molar-refractivity contribution is 7.89. The Balaban J connectivity index is 2.00. The van der Waals surface area contributed by atoms with Gasteiger partial charge in [-0.3, -0.25) is 4.57 Å². The fourth-order valence-corrected chi connectivity index (χ4v) is 3.54. The van der Waals surface area contributed by atoms with Crippen molar-refractivity contribution in [2.24, 2.45) is 5.14 Å². The molecule has 1 aromatic heterocycles. The molecule has 1 saturated carbocycles. The molecule has 0 saturated heterocycles. The van der Waals surface area contributed by atoms with Crippen LogP contribution in [0.15, 0.2) is 44.6 Å². The van der Waals surface area contributed by atoms with Crippen LogP contribution in [0, 0.1) is 0 Å². The van der Waals surface area contributed by atoms with Gasteiger partial charge in [0.15, 0.2) is 0 Å². The molecule has 0 radical (unpaired) electrons. The smallest absolute Gasteiger partial charge is 0.416 e. The highest BCUT2D eigenvalue weighted by Crippen LogP contribution is 2.31. The van der Waals surface area contributed by atoms with Crippen LogP contribution in [0.1, 0.15) is 38.1 Å². The number of sulfonamides is 1. The van der Waals surface area contributed by atoms with Crippen LogP contribution in [0.25, 0.3) is 11.3 Å². The van der Waals surface area contributed by atoms with Gasteiger partial charge in [0.25, 0.3) is 0 Å². The zero-order chi connectivity index (χ0) is 15.7. The van der Waals surface area contributed by atoms with Crippen molar-refractivity contribution in [3.05, 3.63) is 41.1 Å². The Kier molecular flexibility index (Phi) is 3.92. The molecule has 0 aliphatic heterocycles. The summed E-state index contributed by atoms with van der Waals surface area (Å²) in [6.45, 7) is 0. The van der Waals surface area contributed by atoms with Crippen molar-refractivity contribution in [2.45, 2.75) is 43.0 Å². The first-order chi connectivity index (χ1) is 10.5. The zero-order valence-corrected chi connectivity index (χ0v) is 12.9. The number of oxazole rings is 1. The van der Waals surface area contributed by atoms with Crippen LogP contribution < -0.4 is 10.9 Å². The second-order valence-electron chi connectivity index (χ2n) is 5.62. The minimum absolute atomic E-state index is 0.0475. The van der Waals surface area contributed by atoms with Crippen LogP contribution in [-0.2, 0) is 10.0 Å². The lowest BCUT2D eigenvalue weighted by Gasteiger charge is -2.23. The zero-order valence-electron chi connectivity index (χ0n) is 12.1. The Hall–Kier alpha value is -1.86. The van der Waals surface area contributed by atoms with E-state index in [0.717, 1.165) is 31.2 Å². The average molecular weight is 322 g/mol. The van der Waals surface area contributed by atoms with Crippen LogP contribution in [0.5, 0.6) is 0 Å². The van der Waals surface area contributed by atoms with Gasteiger partial charge in [0, 0.05) is 11.6 Å². The molecule has 0 unspecified atom stereocenters. The number of benzene rings is 1. The molecule has 0 spiro atoms. The second-order valence-corrected chi connectivity index (χ2v) is 7.18. The molecule has 1 aliphatic carbocycles. The van der Waals surface area contributed by atoms with Gasteiger partial charge in [-0.2, -0.15) is 0 Å². The number of aromatic nitrogens is 1. The van der Waals surface area contributed by atoms with Crippen molar-refractivity contribution in [1.82, 2.24) is 4.57 Å². The van der Waals surface area contributed by atoms with Gasteiger partial charge in [0.1, 0.15) is 6.26 Å². The van der Waals surface area contributed by atoms with E-state index in [1.807, 2.05) is 0 Å². The molecule has 2 N–H and O–H groups in total. The normalized spacial score (nSPS) is 16.8. The Morgan fingerprint density at radius 1 is 1.09 bits per heavy atom. The van der Waals surface area contributed by atoms with Crippen molar-refractivity contribution in [1.29, 1.82) is 0 Å². The van der Waals surface area contributed by atoms with Gasteiger partial charge in [-0.15, -0.1) is 0 Å². The maximum absolute atomic E-state index is 12.0. The van der Waals surface area contributed by atoms with Gasteiger partial charge in [0.05, 0.1) is 10.6 Å². The van der Waals surface area contributed by atoms with Gasteiger partial charge >= 0.3 is 5.76 Å². The Labute approximate surface area is 128 Å². The molecule has 0 amide bonds. The summed E-state index contributed by atoms with van der Waals surface area (Å²) in [6, 6.07) is 6.31. The first-order valence-corrected chi connectivity index (χ1v) is 8.85. The monoisotopic (exact) mass is 322 g/mol. The third-order valence-corrected chi connectivity index (χ3v) is 5.08. The molecule has 6 nitrogen and oxygen atoms in total. The quantitative estimate of drug-likeness (QED) is 0.937. The molecule has 1 aliphatic rings. The van der Waals surface area contributed by atoms with Gasteiger partial charge in [-0.05, 0) is 25.0 Å². The number of hydrogen-bond acceptors (Lipinski definition) is 4. The Bertz CT molecular complexity index is 812. The van der Waals surface area contributed by atoms with E-state index < -0.39 is 10.0 Å². The average Bonchev–Trinajstić information content (AvgIpc) is 2.89. The summed E-state index contributed by atoms with van der Waals surface area (Å²) in [6.07, 6.45) is 6.76. The largest absolute Gasteiger partial charge is 0.419 e. The predicted octanol–water partition coefficient (Wildman–Crippen LogP) is 2.26. The fraction of sp³-hybridized carbons (Fsp3) is 0.400. The highest BCUT2D eigenvalue weighted by atomic mass is 32.2. The van der Waals surface area contributed by atoms with Gasteiger partial charge in [-0.1, -0.05) is 31.4 Å². The standard InChI is InChI=1S/C15H18N2O4S/c16-22(19,20)13-8-6-11(7-9-13)14-10-21-15(18)17(14)12-4-2-1-3-5-12/h6-10,12H,1-5H2,(H2,16,19,20). The molecule has 0 atom stereocenters. The third-order valence-electron chi connectivity index (χ3n) is 4.15. The maximum Gasteiger partial charge on any atom is 0.419 e. The summed E-state index contributed by atoms with van der Waals surface area (Å²) in [5.41, 5.74) is 1.42. The number of hydrogen-bond donors (Lipinski definition) is 1. The summed E-state index contributed by atoms with van der Waals surface area (Å²) < 4.78 is 29.4. The lowest BCUT2D eigenvalue weighted by molar-refractivity contribution is 0.331. The molecule has 22 heavy (non-hydrogen) atoms. The lowest BCUT2D eigenvalue weighted by Crippen LogP contribution is -2.23. The number of primary sulfonamides is 1. The minimum atomic E-state index is -3.72. The molecular formula is C15H18N2O4S. The Morgan fingerprint density at radius 2 is 1.73 bits per heavy atom. The SMILES string of the molecule is NS(=O)(=O)c1ccc(-c2coc(=O)n2C2CCCCC2)cc1. The number of nitrogens with zero attached hydrogens (tertiary/aromatic N) is 1. The van der Waals surface area contributed by atoms with Crippen LogP contribution in [0.3, 0.4) is 0 Å². The molecule has 0 bridgehead atoms. The van der Waals surface area contributed by atoms with Crippen molar-refractivity contribution in [2.75, 3.05) is 0 Å². The number of rotatable bonds is 3. The van der Waals surface area contributed by atoms with Gasteiger partial charge < -0.3 is 4.42 Å². The van der Waals surface area contributed by atoms with Crippen LogP contribution >= 0.6 is 0 Å². The van der Waals surface area contributed by atoms with Crippen molar-refractivity contribution in [3.8, 4) is 11.3 Å². The van der Waals surface area contributed by atoms with Gasteiger partial charge in [0.2, 0.25) is 10.0 Å². The van der Waals surface area contributed by atoms with E-state index in [9.17, 15) is 13.2 Å². The third kappa shape index (κ3) is 2.86. The van der Waals surface area contributed by atoms with E-state index in [-0.39, 0.29) is 16.7 Å². The molecule has 1 heterocycles. The van der Waals surface area contributed by atoms with E-state index in [2.05, 4.69) is 0 Å². The fourth-order valence-electron chi connectivity index (χ4n) is 3.03. The van der Waals surface area contributed by atoms with Crippen molar-refractivity contribution in [3.63, 3.8) is 0 Å². The van der Waals surface area contributed by atoms with Crippen LogP contribution in [0.4, 0.5) is 0 Å². The molecule has 7 heteroatoms. The van der Waals surface area contributed by atoms with E-state index in [1.165, 1.54) is 24.8 Å². The van der Waals surface area contributed by atoms with E-state index in [1.54, 1.807) is 16.7 Å². The first-order valence-electron chi connectivity index (χ1n) is 7.30. The van der Waals surface area contributed by atoms with E-state index in [4.69, 9.17) is 9.56 Å². The lowest BCUT2D eigenvalue weighted by atomic mass is 9.95. The maximum atomic E-state index is 12.0. The molecule has 3 rings (SSSR count). The molecule has 1 aromatic carbocycles. The first kappa shape index (κ1) is 15.1. The van der Waals surface area contributed by atoms with Gasteiger partial charge in [-0.25, -0.2) is 18.4 Å². The summed E-state index contributed by atoms with van der Waals surface area (Å²) in [5.74, 6) is -0.363. The van der Waals surface area contributed by atoms with E-state index in [0.29, 0.717) is 5.69 Å². The summed E-state index contributed by atoms with van der Waals surface area (Å²) >= 11 is 0. The van der Waals surface area contributed by atoms with Crippen molar-refractivity contribution < 1.29 is 12.8 Å². The summed E-state index contributed by atoms with van der Waals surface area (Å²) in [7, 11) is -3.72. The Morgan fingerprint density at radius 3 is 2.32 bits per heavy atom. The highest BCUT2D eigenvalue weighted by Gasteiger charge is 2.22. The minimum Gasteiger partial charge on any atom is -0.416 e. The molecule has 2 aromatic rings.